The standard InChI is InChI=1S/C14H21N3O3S/c1-12(14(15)18)16-7-9-17(10-8-16)21(19,20)11-13-5-3-2-4-6-13/h2-6,12H,7-11H2,1H3,(H2,15,18)/t12-/m1/s1. The minimum Gasteiger partial charge on any atom is -0.368 e. The van der Waals surface area contributed by atoms with E-state index in [1.54, 1.807) is 6.92 Å². The van der Waals surface area contributed by atoms with Crippen molar-refractivity contribution in [1.29, 1.82) is 0 Å². The van der Waals surface area contributed by atoms with Crippen LogP contribution in [-0.2, 0) is 20.6 Å². The van der Waals surface area contributed by atoms with Gasteiger partial charge in [-0.3, -0.25) is 9.69 Å². The first-order chi connectivity index (χ1) is 9.90. The molecule has 0 aromatic heterocycles. The molecule has 1 aliphatic rings. The number of amides is 1. The lowest BCUT2D eigenvalue weighted by Gasteiger charge is -2.36. The van der Waals surface area contributed by atoms with Gasteiger partial charge in [-0.1, -0.05) is 30.3 Å². The van der Waals surface area contributed by atoms with Gasteiger partial charge in [0.25, 0.3) is 0 Å². The Labute approximate surface area is 125 Å². The number of rotatable bonds is 5. The molecule has 1 aliphatic heterocycles. The Hall–Kier alpha value is -1.44. The van der Waals surface area contributed by atoms with Crippen LogP contribution in [0.4, 0.5) is 0 Å². The van der Waals surface area contributed by atoms with Gasteiger partial charge in [0.2, 0.25) is 15.9 Å². The third-order valence-electron chi connectivity index (χ3n) is 3.82. The van der Waals surface area contributed by atoms with Gasteiger partial charge in [0.15, 0.2) is 0 Å². The molecule has 1 aromatic rings. The highest BCUT2D eigenvalue weighted by molar-refractivity contribution is 7.88. The molecule has 0 saturated carbocycles. The lowest BCUT2D eigenvalue weighted by atomic mass is 10.2. The Bertz CT molecular complexity index is 581. The van der Waals surface area contributed by atoms with E-state index in [-0.39, 0.29) is 17.7 Å². The minimum absolute atomic E-state index is 0.0131. The van der Waals surface area contributed by atoms with Crippen molar-refractivity contribution in [2.24, 2.45) is 5.73 Å². The second-order valence-corrected chi connectivity index (χ2v) is 7.22. The van der Waals surface area contributed by atoms with Crippen LogP contribution in [0.1, 0.15) is 12.5 Å². The fourth-order valence-electron chi connectivity index (χ4n) is 2.43. The first-order valence-electron chi connectivity index (χ1n) is 6.95. The van der Waals surface area contributed by atoms with Crippen LogP contribution >= 0.6 is 0 Å². The van der Waals surface area contributed by atoms with Gasteiger partial charge in [0.1, 0.15) is 0 Å². The Morgan fingerprint density at radius 2 is 1.76 bits per heavy atom. The lowest BCUT2D eigenvalue weighted by Crippen LogP contribution is -2.54. The average Bonchev–Trinajstić information content (AvgIpc) is 2.47. The summed E-state index contributed by atoms with van der Waals surface area (Å²) in [5.74, 6) is -0.366. The second kappa shape index (κ2) is 6.55. The summed E-state index contributed by atoms with van der Waals surface area (Å²) in [6, 6.07) is 8.78. The van der Waals surface area contributed by atoms with E-state index in [9.17, 15) is 13.2 Å². The Morgan fingerprint density at radius 3 is 2.29 bits per heavy atom. The number of nitrogens with zero attached hydrogens (tertiary/aromatic N) is 2. The van der Waals surface area contributed by atoms with Crippen LogP contribution < -0.4 is 5.73 Å². The van der Waals surface area contributed by atoms with Gasteiger partial charge in [0.05, 0.1) is 11.8 Å². The molecule has 0 aliphatic carbocycles. The highest BCUT2D eigenvalue weighted by Crippen LogP contribution is 2.14. The largest absolute Gasteiger partial charge is 0.368 e. The van der Waals surface area contributed by atoms with E-state index < -0.39 is 10.0 Å². The maximum Gasteiger partial charge on any atom is 0.234 e. The molecule has 21 heavy (non-hydrogen) atoms. The Morgan fingerprint density at radius 1 is 1.19 bits per heavy atom. The van der Waals surface area contributed by atoms with Crippen LogP contribution in [0.3, 0.4) is 0 Å². The number of carbonyl (C=O) groups is 1. The first kappa shape index (κ1) is 15.9. The number of nitrogens with two attached hydrogens (primary N) is 1. The van der Waals surface area contributed by atoms with Gasteiger partial charge in [-0.25, -0.2) is 8.42 Å². The summed E-state index contributed by atoms with van der Waals surface area (Å²) in [6.07, 6.45) is 0. The first-order valence-corrected chi connectivity index (χ1v) is 8.56. The molecule has 1 saturated heterocycles. The zero-order valence-corrected chi connectivity index (χ0v) is 12.9. The number of hydrogen-bond donors (Lipinski definition) is 1. The van der Waals surface area contributed by atoms with Crippen molar-refractivity contribution in [2.75, 3.05) is 26.2 Å². The number of benzene rings is 1. The molecule has 1 aromatic carbocycles. The van der Waals surface area contributed by atoms with E-state index in [0.717, 1.165) is 5.56 Å². The molecular weight excluding hydrogens is 290 g/mol. The summed E-state index contributed by atoms with van der Waals surface area (Å²) in [7, 11) is -3.32. The van der Waals surface area contributed by atoms with Gasteiger partial charge < -0.3 is 5.73 Å². The third kappa shape index (κ3) is 4.03. The van der Waals surface area contributed by atoms with Crippen molar-refractivity contribution in [3.63, 3.8) is 0 Å². The van der Waals surface area contributed by atoms with E-state index in [1.807, 2.05) is 35.2 Å². The predicted octanol–water partition coefficient (Wildman–Crippen LogP) is 0.00780. The summed E-state index contributed by atoms with van der Waals surface area (Å²) in [5.41, 5.74) is 6.06. The summed E-state index contributed by atoms with van der Waals surface area (Å²) in [6.45, 7) is 3.59. The lowest BCUT2D eigenvalue weighted by molar-refractivity contribution is -0.123. The number of sulfonamides is 1. The third-order valence-corrected chi connectivity index (χ3v) is 5.67. The van der Waals surface area contributed by atoms with Crippen molar-refractivity contribution < 1.29 is 13.2 Å². The van der Waals surface area contributed by atoms with E-state index in [4.69, 9.17) is 5.73 Å². The summed E-state index contributed by atoms with van der Waals surface area (Å²) >= 11 is 0. The van der Waals surface area contributed by atoms with Crippen molar-refractivity contribution >= 4 is 15.9 Å². The van der Waals surface area contributed by atoms with Crippen molar-refractivity contribution in [1.82, 2.24) is 9.21 Å². The molecule has 0 unspecified atom stereocenters. The molecule has 2 rings (SSSR count). The van der Waals surface area contributed by atoms with Crippen molar-refractivity contribution in [3.8, 4) is 0 Å². The summed E-state index contributed by atoms with van der Waals surface area (Å²) in [5, 5.41) is 0. The fourth-order valence-corrected chi connectivity index (χ4v) is 3.94. The number of primary amides is 1. The van der Waals surface area contributed by atoms with Gasteiger partial charge in [-0.2, -0.15) is 4.31 Å². The molecule has 1 amide bonds. The molecule has 6 nitrogen and oxygen atoms in total. The molecular formula is C14H21N3O3S. The summed E-state index contributed by atoms with van der Waals surface area (Å²) in [4.78, 5) is 13.1. The van der Waals surface area contributed by atoms with E-state index in [0.29, 0.717) is 26.2 Å². The smallest absolute Gasteiger partial charge is 0.234 e. The van der Waals surface area contributed by atoms with Crippen LogP contribution in [0.2, 0.25) is 0 Å². The maximum atomic E-state index is 12.4. The van der Waals surface area contributed by atoms with Crippen LogP contribution in [0, 0.1) is 0 Å². The van der Waals surface area contributed by atoms with Gasteiger partial charge >= 0.3 is 0 Å². The maximum absolute atomic E-state index is 12.4. The SMILES string of the molecule is C[C@H](C(N)=O)N1CCN(S(=O)(=O)Cc2ccccc2)CC1. The number of carbonyl (C=O) groups excluding carboxylic acids is 1. The zero-order chi connectivity index (χ0) is 15.5. The normalized spacial score (nSPS) is 19.3. The molecule has 0 bridgehead atoms. The topological polar surface area (TPSA) is 83.7 Å². The molecule has 0 radical (unpaired) electrons. The molecule has 1 atom stereocenters. The second-order valence-electron chi connectivity index (χ2n) is 5.26. The molecule has 1 heterocycles. The number of hydrogen-bond acceptors (Lipinski definition) is 4. The average molecular weight is 311 g/mol. The Kier molecular flexibility index (Phi) is 4.97. The molecule has 116 valence electrons. The monoisotopic (exact) mass is 311 g/mol. The van der Waals surface area contributed by atoms with Gasteiger partial charge in [-0.15, -0.1) is 0 Å². The fraction of sp³-hybridized carbons (Fsp3) is 0.500. The van der Waals surface area contributed by atoms with Gasteiger partial charge in [-0.05, 0) is 12.5 Å². The van der Waals surface area contributed by atoms with Crippen molar-refractivity contribution in [3.05, 3.63) is 35.9 Å². The van der Waals surface area contributed by atoms with E-state index in [1.165, 1.54) is 4.31 Å². The number of piperazine rings is 1. The van der Waals surface area contributed by atoms with Crippen LogP contribution in [0.5, 0.6) is 0 Å². The quantitative estimate of drug-likeness (QED) is 0.830. The Balaban J connectivity index is 1.96. The predicted molar refractivity (Wildman–Crippen MR) is 80.9 cm³/mol. The molecule has 7 heteroatoms. The summed E-state index contributed by atoms with van der Waals surface area (Å²) < 4.78 is 26.3. The van der Waals surface area contributed by atoms with E-state index >= 15 is 0 Å². The molecule has 2 N–H and O–H groups in total. The van der Waals surface area contributed by atoms with Gasteiger partial charge in [0, 0.05) is 26.2 Å². The minimum atomic E-state index is -3.32. The highest BCUT2D eigenvalue weighted by atomic mass is 32.2. The van der Waals surface area contributed by atoms with Crippen LogP contribution in [0.15, 0.2) is 30.3 Å². The molecule has 1 fully saturated rings. The zero-order valence-electron chi connectivity index (χ0n) is 12.1. The highest BCUT2D eigenvalue weighted by Gasteiger charge is 2.30. The van der Waals surface area contributed by atoms with Crippen LogP contribution in [-0.4, -0.2) is 55.8 Å². The molecule has 0 spiro atoms. The van der Waals surface area contributed by atoms with E-state index in [2.05, 4.69) is 0 Å². The van der Waals surface area contributed by atoms with Crippen molar-refractivity contribution in [2.45, 2.75) is 18.7 Å². The van der Waals surface area contributed by atoms with Crippen LogP contribution in [0.25, 0.3) is 0 Å².